The van der Waals surface area contributed by atoms with Crippen molar-refractivity contribution < 1.29 is 19.0 Å². The SMILES string of the molecule is COc1ccc(NC(=O)c2cn(Cc3ccccc3)nc2OCc2ccccc2)c(OC)c1. The van der Waals surface area contributed by atoms with Crippen molar-refractivity contribution in [2.45, 2.75) is 13.2 Å². The van der Waals surface area contributed by atoms with Crippen molar-refractivity contribution in [3.05, 3.63) is 102 Å². The summed E-state index contributed by atoms with van der Waals surface area (Å²) in [5.41, 5.74) is 2.91. The molecule has 0 aliphatic heterocycles. The molecule has 0 spiro atoms. The standard InChI is InChI=1S/C26H25N3O4/c1-31-21-13-14-23(24(15-21)32-2)27-25(30)22-17-29(16-19-9-5-3-6-10-19)28-26(22)33-18-20-11-7-4-8-12-20/h3-15,17H,16,18H2,1-2H3,(H,27,30). The Kier molecular flexibility index (Phi) is 6.90. The average Bonchev–Trinajstić information content (AvgIpc) is 3.27. The maximum atomic E-state index is 13.2. The molecule has 0 saturated carbocycles. The lowest BCUT2D eigenvalue weighted by atomic mass is 10.2. The molecule has 33 heavy (non-hydrogen) atoms. The van der Waals surface area contributed by atoms with Gasteiger partial charge in [0.25, 0.3) is 5.91 Å². The highest BCUT2D eigenvalue weighted by Crippen LogP contribution is 2.30. The second-order valence-electron chi connectivity index (χ2n) is 7.33. The van der Waals surface area contributed by atoms with Crippen LogP contribution in [0.2, 0.25) is 0 Å². The molecular formula is C26H25N3O4. The van der Waals surface area contributed by atoms with E-state index in [0.717, 1.165) is 11.1 Å². The molecule has 1 N–H and O–H groups in total. The smallest absolute Gasteiger partial charge is 0.262 e. The number of anilines is 1. The zero-order chi connectivity index (χ0) is 23.0. The third kappa shape index (κ3) is 5.51. The van der Waals surface area contributed by atoms with Crippen LogP contribution in [-0.2, 0) is 13.2 Å². The lowest BCUT2D eigenvalue weighted by molar-refractivity contribution is 0.102. The fraction of sp³-hybridized carbons (Fsp3) is 0.154. The monoisotopic (exact) mass is 443 g/mol. The predicted octanol–water partition coefficient (Wildman–Crippen LogP) is 4.78. The zero-order valence-electron chi connectivity index (χ0n) is 18.5. The molecule has 0 atom stereocenters. The number of hydrogen-bond donors (Lipinski definition) is 1. The van der Waals surface area contributed by atoms with Gasteiger partial charge in [0, 0.05) is 12.3 Å². The summed E-state index contributed by atoms with van der Waals surface area (Å²) in [5, 5.41) is 7.43. The predicted molar refractivity (Wildman–Crippen MR) is 126 cm³/mol. The van der Waals surface area contributed by atoms with Gasteiger partial charge in [0.2, 0.25) is 5.88 Å². The van der Waals surface area contributed by atoms with Crippen molar-refractivity contribution in [3.63, 3.8) is 0 Å². The first-order chi connectivity index (χ1) is 16.2. The summed E-state index contributed by atoms with van der Waals surface area (Å²) in [6, 6.07) is 24.9. The Balaban J connectivity index is 1.59. The van der Waals surface area contributed by atoms with E-state index < -0.39 is 0 Å². The molecular weight excluding hydrogens is 418 g/mol. The van der Waals surface area contributed by atoms with Crippen LogP contribution in [0.15, 0.2) is 85.1 Å². The summed E-state index contributed by atoms with van der Waals surface area (Å²) in [4.78, 5) is 13.2. The first kappa shape index (κ1) is 22.0. The van der Waals surface area contributed by atoms with Crippen LogP contribution in [0.1, 0.15) is 21.5 Å². The molecule has 0 saturated heterocycles. The number of rotatable bonds is 9. The van der Waals surface area contributed by atoms with Crippen molar-refractivity contribution in [2.24, 2.45) is 0 Å². The van der Waals surface area contributed by atoms with E-state index in [-0.39, 0.29) is 11.8 Å². The Bertz CT molecular complexity index is 1210. The van der Waals surface area contributed by atoms with E-state index in [9.17, 15) is 4.79 Å². The molecule has 0 radical (unpaired) electrons. The number of benzene rings is 3. The highest BCUT2D eigenvalue weighted by molar-refractivity contribution is 6.06. The van der Waals surface area contributed by atoms with Crippen molar-refractivity contribution in [2.75, 3.05) is 19.5 Å². The van der Waals surface area contributed by atoms with Gasteiger partial charge < -0.3 is 19.5 Å². The average molecular weight is 444 g/mol. The van der Waals surface area contributed by atoms with Crippen LogP contribution in [-0.4, -0.2) is 29.9 Å². The van der Waals surface area contributed by atoms with Crippen LogP contribution in [0.5, 0.6) is 17.4 Å². The van der Waals surface area contributed by atoms with Gasteiger partial charge >= 0.3 is 0 Å². The lowest BCUT2D eigenvalue weighted by Gasteiger charge is -2.11. The molecule has 7 heteroatoms. The summed E-state index contributed by atoms with van der Waals surface area (Å²) >= 11 is 0. The first-order valence-corrected chi connectivity index (χ1v) is 10.5. The Hall–Kier alpha value is -4.26. The summed E-state index contributed by atoms with van der Waals surface area (Å²) in [6.45, 7) is 0.816. The minimum atomic E-state index is -0.346. The molecule has 0 aliphatic rings. The molecule has 1 aromatic heterocycles. The second-order valence-corrected chi connectivity index (χ2v) is 7.33. The van der Waals surface area contributed by atoms with Gasteiger partial charge in [-0.05, 0) is 23.3 Å². The van der Waals surface area contributed by atoms with E-state index in [0.29, 0.717) is 35.9 Å². The first-order valence-electron chi connectivity index (χ1n) is 10.5. The number of hydrogen-bond acceptors (Lipinski definition) is 5. The molecule has 1 heterocycles. The number of amides is 1. The maximum Gasteiger partial charge on any atom is 0.262 e. The molecule has 168 valence electrons. The van der Waals surface area contributed by atoms with Gasteiger partial charge in [-0.2, -0.15) is 0 Å². The van der Waals surface area contributed by atoms with Crippen LogP contribution >= 0.6 is 0 Å². The number of carbonyl (C=O) groups excluding carboxylic acids is 1. The zero-order valence-corrected chi connectivity index (χ0v) is 18.5. The van der Waals surface area contributed by atoms with Gasteiger partial charge in [-0.1, -0.05) is 60.7 Å². The van der Waals surface area contributed by atoms with Crippen LogP contribution in [0.25, 0.3) is 0 Å². The fourth-order valence-electron chi connectivity index (χ4n) is 3.33. The van der Waals surface area contributed by atoms with Crippen molar-refractivity contribution >= 4 is 11.6 Å². The molecule has 3 aromatic carbocycles. The Morgan fingerprint density at radius 1 is 0.909 bits per heavy atom. The van der Waals surface area contributed by atoms with Crippen molar-refractivity contribution in [1.29, 1.82) is 0 Å². The molecule has 0 bridgehead atoms. The normalized spacial score (nSPS) is 10.5. The summed E-state index contributed by atoms with van der Waals surface area (Å²) < 4.78 is 18.3. The molecule has 7 nitrogen and oxygen atoms in total. The Morgan fingerprint density at radius 3 is 2.27 bits per heavy atom. The largest absolute Gasteiger partial charge is 0.497 e. The third-order valence-electron chi connectivity index (χ3n) is 5.04. The highest BCUT2D eigenvalue weighted by atomic mass is 16.5. The van der Waals surface area contributed by atoms with Gasteiger partial charge in [-0.3, -0.25) is 9.48 Å². The topological polar surface area (TPSA) is 74.6 Å². The summed E-state index contributed by atoms with van der Waals surface area (Å²) in [7, 11) is 3.11. The minimum Gasteiger partial charge on any atom is -0.497 e. The van der Waals surface area contributed by atoms with E-state index in [1.807, 2.05) is 60.7 Å². The fourth-order valence-corrected chi connectivity index (χ4v) is 3.33. The number of nitrogens with zero attached hydrogens (tertiary/aromatic N) is 2. The van der Waals surface area contributed by atoms with E-state index in [1.165, 1.54) is 7.11 Å². The number of nitrogens with one attached hydrogen (secondary N) is 1. The molecule has 4 rings (SSSR count). The van der Waals surface area contributed by atoms with Gasteiger partial charge in [0.15, 0.2) is 0 Å². The van der Waals surface area contributed by atoms with Crippen LogP contribution in [0.3, 0.4) is 0 Å². The highest BCUT2D eigenvalue weighted by Gasteiger charge is 2.20. The number of carbonyl (C=O) groups is 1. The number of methoxy groups -OCH3 is 2. The maximum absolute atomic E-state index is 13.2. The van der Waals surface area contributed by atoms with Crippen molar-refractivity contribution in [3.8, 4) is 17.4 Å². The summed E-state index contributed by atoms with van der Waals surface area (Å²) in [5.74, 6) is 1.04. The lowest BCUT2D eigenvalue weighted by Crippen LogP contribution is -2.13. The second kappa shape index (κ2) is 10.4. The van der Waals surface area contributed by atoms with E-state index in [1.54, 1.807) is 36.2 Å². The van der Waals surface area contributed by atoms with Gasteiger partial charge in [0.1, 0.15) is 23.7 Å². The molecule has 1 amide bonds. The minimum absolute atomic E-state index is 0.264. The van der Waals surface area contributed by atoms with Crippen LogP contribution < -0.4 is 19.5 Å². The van der Waals surface area contributed by atoms with E-state index >= 15 is 0 Å². The quantitative estimate of drug-likeness (QED) is 0.403. The molecule has 0 fully saturated rings. The number of aromatic nitrogens is 2. The molecule has 0 unspecified atom stereocenters. The number of ether oxygens (including phenoxy) is 3. The van der Waals surface area contributed by atoms with Gasteiger partial charge in [-0.15, -0.1) is 5.10 Å². The van der Waals surface area contributed by atoms with Gasteiger partial charge in [-0.25, -0.2) is 0 Å². The molecule has 0 aliphatic carbocycles. The Morgan fingerprint density at radius 2 is 1.61 bits per heavy atom. The van der Waals surface area contributed by atoms with Crippen LogP contribution in [0.4, 0.5) is 5.69 Å². The van der Waals surface area contributed by atoms with E-state index in [2.05, 4.69) is 10.4 Å². The molecule has 4 aromatic rings. The Labute approximate surface area is 192 Å². The van der Waals surface area contributed by atoms with E-state index in [4.69, 9.17) is 14.2 Å². The third-order valence-corrected chi connectivity index (χ3v) is 5.04. The van der Waals surface area contributed by atoms with Gasteiger partial charge in [0.05, 0.1) is 26.5 Å². The summed E-state index contributed by atoms with van der Waals surface area (Å²) in [6.07, 6.45) is 1.69. The van der Waals surface area contributed by atoms with Crippen molar-refractivity contribution in [1.82, 2.24) is 9.78 Å². The van der Waals surface area contributed by atoms with Crippen LogP contribution in [0, 0.1) is 0 Å².